The molecule has 0 saturated carbocycles. The van der Waals surface area contributed by atoms with E-state index in [1.165, 1.54) is 51.4 Å². The fourth-order valence-corrected chi connectivity index (χ4v) is 1.54. The van der Waals surface area contributed by atoms with Crippen LogP contribution in [0.15, 0.2) is 0 Å². The molecule has 0 N–H and O–H groups in total. The first-order valence-electron chi connectivity index (χ1n) is 5.85. The van der Waals surface area contributed by atoms with E-state index in [0.29, 0.717) is 0 Å². The molecular formula is C12H27OSb. The summed E-state index contributed by atoms with van der Waals surface area (Å²) in [4.78, 5) is 10.0. The van der Waals surface area contributed by atoms with Crippen LogP contribution in [0.5, 0.6) is 0 Å². The van der Waals surface area contributed by atoms with Crippen LogP contribution in [0.4, 0.5) is 0 Å². The molecule has 0 amide bonds. The Morgan fingerprint density at radius 3 is 1.64 bits per heavy atom. The molecular weight excluding hydrogens is 282 g/mol. The Bertz CT molecular complexity index is 104. The monoisotopic (exact) mass is 308 g/mol. The zero-order valence-electron chi connectivity index (χ0n) is 9.76. The molecule has 0 spiro atoms. The molecule has 2 heteroatoms. The summed E-state index contributed by atoms with van der Waals surface area (Å²) < 4.78 is 0. The van der Waals surface area contributed by atoms with Gasteiger partial charge in [-0.05, 0) is 6.42 Å². The van der Waals surface area contributed by atoms with E-state index < -0.39 is 0 Å². The van der Waals surface area contributed by atoms with Gasteiger partial charge in [-0.25, -0.2) is 0 Å². The van der Waals surface area contributed by atoms with Gasteiger partial charge in [0, 0.05) is 6.42 Å². The van der Waals surface area contributed by atoms with Gasteiger partial charge in [0.05, 0.1) is 0 Å². The van der Waals surface area contributed by atoms with Crippen molar-refractivity contribution in [2.24, 2.45) is 0 Å². The van der Waals surface area contributed by atoms with Crippen LogP contribution in [0.25, 0.3) is 0 Å². The van der Waals surface area contributed by atoms with Crippen LogP contribution < -0.4 is 0 Å². The maximum atomic E-state index is 10.0. The summed E-state index contributed by atoms with van der Waals surface area (Å²) in [5.41, 5.74) is 0. The zero-order chi connectivity index (χ0) is 9.78. The first-order valence-corrected chi connectivity index (χ1v) is 5.85. The van der Waals surface area contributed by atoms with E-state index in [0.717, 1.165) is 19.1 Å². The molecule has 0 heterocycles. The van der Waals surface area contributed by atoms with Gasteiger partial charge in [-0.2, -0.15) is 0 Å². The van der Waals surface area contributed by atoms with Crippen molar-refractivity contribution >= 4 is 30.7 Å². The quantitative estimate of drug-likeness (QED) is 0.344. The van der Waals surface area contributed by atoms with Gasteiger partial charge in [0.25, 0.3) is 0 Å². The molecule has 0 unspecified atom stereocenters. The second-order valence-electron chi connectivity index (χ2n) is 3.78. The van der Waals surface area contributed by atoms with Crippen molar-refractivity contribution in [3.8, 4) is 0 Å². The Morgan fingerprint density at radius 2 is 1.21 bits per heavy atom. The Kier molecular flexibility index (Phi) is 19.2. The van der Waals surface area contributed by atoms with E-state index in [1.807, 2.05) is 0 Å². The summed E-state index contributed by atoms with van der Waals surface area (Å²) in [6.45, 7) is 2.25. The Labute approximate surface area is 106 Å². The minimum absolute atomic E-state index is 0. The molecule has 0 aromatic carbocycles. The van der Waals surface area contributed by atoms with Gasteiger partial charge < -0.3 is 4.79 Å². The molecule has 0 fully saturated rings. The van der Waals surface area contributed by atoms with Crippen molar-refractivity contribution < 1.29 is 4.79 Å². The van der Waals surface area contributed by atoms with E-state index in [4.69, 9.17) is 0 Å². The molecule has 0 radical (unpaired) electrons. The van der Waals surface area contributed by atoms with Crippen LogP contribution in [0.1, 0.15) is 71.1 Å². The van der Waals surface area contributed by atoms with Crippen LogP contribution in [0.2, 0.25) is 0 Å². The second-order valence-corrected chi connectivity index (χ2v) is 3.78. The molecule has 0 aromatic rings. The SMILES string of the molecule is CCCCCCCCCCCC=O.[SbH3]. The van der Waals surface area contributed by atoms with Crippen LogP contribution in [0.3, 0.4) is 0 Å². The topological polar surface area (TPSA) is 17.1 Å². The predicted molar refractivity (Wildman–Crippen MR) is 67.8 cm³/mol. The molecule has 86 valence electrons. The average Bonchev–Trinajstić information content (AvgIpc) is 2.16. The van der Waals surface area contributed by atoms with Gasteiger partial charge in [0.2, 0.25) is 0 Å². The van der Waals surface area contributed by atoms with E-state index in [-0.39, 0.29) is 24.4 Å². The summed E-state index contributed by atoms with van der Waals surface area (Å²) >= 11 is 0. The Balaban J connectivity index is 0. The van der Waals surface area contributed by atoms with Gasteiger partial charge in [-0.1, -0.05) is 58.3 Å². The molecule has 0 aliphatic rings. The van der Waals surface area contributed by atoms with Crippen LogP contribution in [-0.2, 0) is 4.79 Å². The third-order valence-corrected chi connectivity index (χ3v) is 2.43. The molecule has 0 aromatic heterocycles. The third-order valence-electron chi connectivity index (χ3n) is 2.43. The summed E-state index contributed by atoms with van der Waals surface area (Å²) in [5.74, 6) is 0. The van der Waals surface area contributed by atoms with Crippen molar-refractivity contribution in [1.82, 2.24) is 0 Å². The van der Waals surface area contributed by atoms with Gasteiger partial charge in [-0.15, -0.1) is 0 Å². The minimum atomic E-state index is 0. The van der Waals surface area contributed by atoms with Gasteiger partial charge in [-0.3, -0.25) is 0 Å². The van der Waals surface area contributed by atoms with E-state index in [2.05, 4.69) is 6.92 Å². The van der Waals surface area contributed by atoms with Crippen LogP contribution in [0, 0.1) is 0 Å². The zero-order valence-corrected chi connectivity index (χ0v) is 13.8. The van der Waals surface area contributed by atoms with Crippen LogP contribution in [-0.4, -0.2) is 30.7 Å². The second kappa shape index (κ2) is 15.9. The number of hydrogen-bond donors (Lipinski definition) is 0. The number of rotatable bonds is 10. The number of unbranched alkanes of at least 4 members (excludes halogenated alkanes) is 9. The molecule has 0 rings (SSSR count). The number of hydrogen-bond acceptors (Lipinski definition) is 1. The Hall–Kier alpha value is 0.488. The maximum absolute atomic E-state index is 10.0. The van der Waals surface area contributed by atoms with Gasteiger partial charge in [0.15, 0.2) is 0 Å². The van der Waals surface area contributed by atoms with Crippen molar-refractivity contribution in [3.63, 3.8) is 0 Å². The average molecular weight is 309 g/mol. The molecule has 1 nitrogen and oxygen atoms in total. The van der Waals surface area contributed by atoms with Crippen molar-refractivity contribution in [2.45, 2.75) is 71.1 Å². The first kappa shape index (κ1) is 16.9. The van der Waals surface area contributed by atoms with Crippen molar-refractivity contribution in [3.05, 3.63) is 0 Å². The molecule has 0 aliphatic heterocycles. The predicted octanol–water partition coefficient (Wildman–Crippen LogP) is 2.92. The molecule has 0 saturated heterocycles. The summed E-state index contributed by atoms with van der Waals surface area (Å²) in [7, 11) is 0. The number of carbonyl (C=O) groups is 1. The number of carbonyl (C=O) groups excluding carboxylic acids is 1. The van der Waals surface area contributed by atoms with E-state index in [1.54, 1.807) is 0 Å². The van der Waals surface area contributed by atoms with Gasteiger partial charge in [0.1, 0.15) is 6.29 Å². The summed E-state index contributed by atoms with van der Waals surface area (Å²) in [6.07, 6.45) is 13.7. The third kappa shape index (κ3) is 15.0. The molecule has 0 bridgehead atoms. The standard InChI is InChI=1S/C12H24O.Sb.3H/c1-2-3-4-5-6-7-8-9-10-11-12-13;;;;/h12H,2-11H2,1H3;;;;. The fraction of sp³-hybridized carbons (Fsp3) is 0.917. The van der Waals surface area contributed by atoms with E-state index >= 15 is 0 Å². The summed E-state index contributed by atoms with van der Waals surface area (Å²) in [6, 6.07) is 0. The fourth-order valence-electron chi connectivity index (χ4n) is 1.54. The van der Waals surface area contributed by atoms with E-state index in [9.17, 15) is 4.79 Å². The van der Waals surface area contributed by atoms with Gasteiger partial charge >= 0.3 is 24.4 Å². The molecule has 0 aliphatic carbocycles. The summed E-state index contributed by atoms with van der Waals surface area (Å²) in [5, 5.41) is 0. The van der Waals surface area contributed by atoms with Crippen molar-refractivity contribution in [1.29, 1.82) is 0 Å². The molecule has 14 heavy (non-hydrogen) atoms. The Morgan fingerprint density at radius 1 is 0.786 bits per heavy atom. The number of aldehydes is 1. The molecule has 0 atom stereocenters. The normalized spacial score (nSPS) is 9.50. The van der Waals surface area contributed by atoms with Crippen LogP contribution >= 0.6 is 0 Å². The first-order chi connectivity index (χ1) is 6.41. The van der Waals surface area contributed by atoms with Crippen molar-refractivity contribution in [2.75, 3.05) is 0 Å².